The summed E-state index contributed by atoms with van der Waals surface area (Å²) in [6.07, 6.45) is 4.12. The highest BCUT2D eigenvalue weighted by molar-refractivity contribution is 7.19. The average molecular weight is 326 g/mol. The molecule has 0 amide bonds. The van der Waals surface area contributed by atoms with E-state index < -0.39 is 0 Å². The third-order valence-corrected chi connectivity index (χ3v) is 4.91. The molecule has 0 fully saturated rings. The number of aryl methyl sites for hydroxylation is 2. The fourth-order valence-corrected chi connectivity index (χ4v) is 3.64. The highest BCUT2D eigenvalue weighted by atomic mass is 32.1. The van der Waals surface area contributed by atoms with Gasteiger partial charge < -0.3 is 5.32 Å². The van der Waals surface area contributed by atoms with Crippen LogP contribution in [0.2, 0.25) is 0 Å². The van der Waals surface area contributed by atoms with Gasteiger partial charge in [-0.3, -0.25) is 0 Å². The van der Waals surface area contributed by atoms with Gasteiger partial charge in [0.15, 0.2) is 5.01 Å². The van der Waals surface area contributed by atoms with Crippen molar-refractivity contribution in [1.82, 2.24) is 25.1 Å². The second kappa shape index (κ2) is 8.51. The number of nitrogens with zero attached hydrogens (tertiary/aromatic N) is 4. The lowest BCUT2D eigenvalue weighted by Crippen LogP contribution is -2.21. The van der Waals surface area contributed by atoms with Gasteiger partial charge in [0.1, 0.15) is 9.88 Å². The van der Waals surface area contributed by atoms with Crippen molar-refractivity contribution in [3.8, 4) is 9.88 Å². The first-order valence-corrected chi connectivity index (χ1v) is 9.14. The van der Waals surface area contributed by atoms with E-state index in [1.54, 1.807) is 11.3 Å². The Morgan fingerprint density at radius 2 is 2.00 bits per heavy atom. The Bertz CT molecular complexity index is 535. The van der Waals surface area contributed by atoms with Gasteiger partial charge in [-0.15, -0.1) is 15.3 Å². The highest BCUT2D eigenvalue weighted by Crippen LogP contribution is 2.29. The molecule has 21 heavy (non-hydrogen) atoms. The van der Waals surface area contributed by atoms with E-state index in [4.69, 9.17) is 0 Å². The standard InChI is InChI=1S/C14H23N5S2/c1-4-6-11-13(21-19-16-11)14-18-17-12(20-14)7-5-8-15-9-10(2)3/h10,15H,4-9H2,1-3H3. The molecule has 0 unspecified atom stereocenters. The zero-order chi connectivity index (χ0) is 15.1. The Morgan fingerprint density at radius 1 is 1.14 bits per heavy atom. The van der Waals surface area contributed by atoms with E-state index in [9.17, 15) is 0 Å². The minimum absolute atomic E-state index is 0.703. The maximum absolute atomic E-state index is 4.31. The summed E-state index contributed by atoms with van der Waals surface area (Å²) in [6.45, 7) is 8.71. The van der Waals surface area contributed by atoms with Crippen molar-refractivity contribution in [3.63, 3.8) is 0 Å². The summed E-state index contributed by atoms with van der Waals surface area (Å²) < 4.78 is 4.05. The SMILES string of the molecule is CCCc1nnsc1-c1nnc(CCCNCC(C)C)s1. The Hall–Kier alpha value is -0.920. The maximum atomic E-state index is 4.31. The Kier molecular flexibility index (Phi) is 6.66. The van der Waals surface area contributed by atoms with Crippen LogP contribution in [0.5, 0.6) is 0 Å². The smallest absolute Gasteiger partial charge is 0.161 e. The predicted octanol–water partition coefficient (Wildman–Crippen LogP) is 3.19. The van der Waals surface area contributed by atoms with Crippen molar-refractivity contribution in [2.75, 3.05) is 13.1 Å². The van der Waals surface area contributed by atoms with E-state index in [2.05, 4.69) is 45.9 Å². The monoisotopic (exact) mass is 325 g/mol. The van der Waals surface area contributed by atoms with Crippen LogP contribution in [0.1, 0.15) is 44.3 Å². The van der Waals surface area contributed by atoms with Crippen molar-refractivity contribution in [2.45, 2.75) is 46.5 Å². The summed E-state index contributed by atoms with van der Waals surface area (Å²) in [5, 5.41) is 18.3. The average Bonchev–Trinajstić information content (AvgIpc) is 3.07. The van der Waals surface area contributed by atoms with Gasteiger partial charge in [0, 0.05) is 6.42 Å². The van der Waals surface area contributed by atoms with Crippen LogP contribution >= 0.6 is 22.9 Å². The maximum Gasteiger partial charge on any atom is 0.161 e. The first-order valence-electron chi connectivity index (χ1n) is 7.55. The molecule has 5 nitrogen and oxygen atoms in total. The summed E-state index contributed by atoms with van der Waals surface area (Å²) >= 11 is 3.10. The van der Waals surface area contributed by atoms with Crippen molar-refractivity contribution in [1.29, 1.82) is 0 Å². The van der Waals surface area contributed by atoms with Crippen molar-refractivity contribution in [2.24, 2.45) is 5.92 Å². The number of rotatable bonds is 9. The first-order chi connectivity index (χ1) is 10.2. The van der Waals surface area contributed by atoms with E-state index >= 15 is 0 Å². The van der Waals surface area contributed by atoms with E-state index in [0.717, 1.165) is 59.4 Å². The molecule has 0 spiro atoms. The fourth-order valence-electron chi connectivity index (χ4n) is 1.97. The van der Waals surface area contributed by atoms with Crippen LogP contribution in [-0.2, 0) is 12.8 Å². The van der Waals surface area contributed by atoms with Crippen LogP contribution in [0, 0.1) is 5.92 Å². The minimum atomic E-state index is 0.703. The largest absolute Gasteiger partial charge is 0.316 e. The molecule has 2 aromatic heterocycles. The van der Waals surface area contributed by atoms with Crippen LogP contribution in [-0.4, -0.2) is 32.9 Å². The molecular formula is C14H23N5S2. The van der Waals surface area contributed by atoms with Gasteiger partial charge in [-0.1, -0.05) is 43.0 Å². The third-order valence-electron chi connectivity index (χ3n) is 3.00. The van der Waals surface area contributed by atoms with Gasteiger partial charge in [0.05, 0.1) is 5.69 Å². The summed E-state index contributed by atoms with van der Waals surface area (Å²) in [5.41, 5.74) is 1.06. The summed E-state index contributed by atoms with van der Waals surface area (Å²) in [4.78, 5) is 1.10. The molecule has 0 aliphatic heterocycles. The molecule has 0 aliphatic carbocycles. The minimum Gasteiger partial charge on any atom is -0.316 e. The molecule has 0 saturated carbocycles. The topological polar surface area (TPSA) is 63.6 Å². The summed E-state index contributed by atoms with van der Waals surface area (Å²) in [5.74, 6) is 0.703. The van der Waals surface area contributed by atoms with Crippen LogP contribution < -0.4 is 5.32 Å². The zero-order valence-electron chi connectivity index (χ0n) is 12.9. The molecule has 0 aromatic carbocycles. The van der Waals surface area contributed by atoms with Gasteiger partial charge in [-0.2, -0.15) is 0 Å². The zero-order valence-corrected chi connectivity index (χ0v) is 14.6. The Labute approximate surface area is 134 Å². The van der Waals surface area contributed by atoms with Gasteiger partial charge in [0.25, 0.3) is 0 Å². The van der Waals surface area contributed by atoms with Crippen LogP contribution in [0.25, 0.3) is 9.88 Å². The molecule has 7 heteroatoms. The van der Waals surface area contributed by atoms with Gasteiger partial charge in [-0.05, 0) is 43.4 Å². The third kappa shape index (κ3) is 5.09. The van der Waals surface area contributed by atoms with Crippen molar-refractivity contribution >= 4 is 22.9 Å². The Morgan fingerprint density at radius 3 is 2.76 bits per heavy atom. The molecule has 0 atom stereocenters. The lowest BCUT2D eigenvalue weighted by Gasteiger charge is -2.05. The van der Waals surface area contributed by atoms with Gasteiger partial charge in [-0.25, -0.2) is 0 Å². The number of nitrogens with one attached hydrogen (secondary N) is 1. The molecule has 0 radical (unpaired) electrons. The normalized spacial score (nSPS) is 11.4. The Balaban J connectivity index is 1.85. The molecule has 116 valence electrons. The number of hydrogen-bond donors (Lipinski definition) is 1. The van der Waals surface area contributed by atoms with E-state index in [0.29, 0.717) is 5.92 Å². The molecule has 0 bridgehead atoms. The predicted molar refractivity (Wildman–Crippen MR) is 88.8 cm³/mol. The molecule has 1 N–H and O–H groups in total. The molecular weight excluding hydrogens is 302 g/mol. The lowest BCUT2D eigenvalue weighted by atomic mass is 10.2. The highest BCUT2D eigenvalue weighted by Gasteiger charge is 2.14. The summed E-state index contributed by atoms with van der Waals surface area (Å²) in [6, 6.07) is 0. The van der Waals surface area contributed by atoms with Gasteiger partial charge in [0.2, 0.25) is 0 Å². The summed E-state index contributed by atoms with van der Waals surface area (Å²) in [7, 11) is 0. The molecule has 2 rings (SSSR count). The molecule has 2 aromatic rings. The van der Waals surface area contributed by atoms with Crippen molar-refractivity contribution in [3.05, 3.63) is 10.7 Å². The van der Waals surface area contributed by atoms with E-state index in [1.807, 2.05) is 0 Å². The molecule has 0 aliphatic rings. The van der Waals surface area contributed by atoms with Crippen LogP contribution in [0.4, 0.5) is 0 Å². The van der Waals surface area contributed by atoms with Crippen LogP contribution in [0.15, 0.2) is 0 Å². The first kappa shape index (κ1) is 16.5. The number of aromatic nitrogens is 4. The van der Waals surface area contributed by atoms with Crippen molar-refractivity contribution < 1.29 is 0 Å². The number of hydrogen-bond acceptors (Lipinski definition) is 7. The second-order valence-electron chi connectivity index (χ2n) is 5.50. The fraction of sp³-hybridized carbons (Fsp3) is 0.714. The van der Waals surface area contributed by atoms with Gasteiger partial charge >= 0.3 is 0 Å². The van der Waals surface area contributed by atoms with Crippen LogP contribution in [0.3, 0.4) is 0 Å². The van der Waals surface area contributed by atoms with E-state index in [-0.39, 0.29) is 0 Å². The van der Waals surface area contributed by atoms with E-state index in [1.165, 1.54) is 11.5 Å². The molecule has 2 heterocycles. The second-order valence-corrected chi connectivity index (χ2v) is 7.32. The lowest BCUT2D eigenvalue weighted by molar-refractivity contribution is 0.542. The molecule has 0 saturated heterocycles. The quantitative estimate of drug-likeness (QED) is 0.717.